The SMILES string of the molecule is CC(C)(O)O[C@@H]1C[C@@H](CO)O[C@H]1n1cnc2c(N)nc(OC3CCCC3)nc21. The van der Waals surface area contributed by atoms with Crippen molar-refractivity contribution in [1.82, 2.24) is 19.5 Å². The third-order valence-electron chi connectivity index (χ3n) is 5.06. The van der Waals surface area contributed by atoms with Crippen molar-refractivity contribution in [3.63, 3.8) is 0 Å². The number of aliphatic hydroxyl groups is 2. The van der Waals surface area contributed by atoms with Crippen molar-refractivity contribution in [2.75, 3.05) is 12.3 Å². The zero-order valence-corrected chi connectivity index (χ0v) is 16.1. The fourth-order valence-electron chi connectivity index (χ4n) is 3.87. The van der Waals surface area contributed by atoms with Crippen LogP contribution in [0.1, 0.15) is 52.2 Å². The van der Waals surface area contributed by atoms with Gasteiger partial charge in [0.2, 0.25) is 0 Å². The number of ether oxygens (including phenoxy) is 3. The van der Waals surface area contributed by atoms with Gasteiger partial charge in [-0.15, -0.1) is 0 Å². The number of imidazole rings is 1. The van der Waals surface area contributed by atoms with Gasteiger partial charge >= 0.3 is 6.01 Å². The first kappa shape index (κ1) is 19.3. The summed E-state index contributed by atoms with van der Waals surface area (Å²) in [4.78, 5) is 13.1. The maximum Gasteiger partial charge on any atom is 0.320 e. The monoisotopic (exact) mass is 393 g/mol. The van der Waals surface area contributed by atoms with E-state index >= 15 is 0 Å². The number of aromatic nitrogens is 4. The molecule has 0 amide bonds. The molecule has 1 aliphatic carbocycles. The Morgan fingerprint density at radius 1 is 1.32 bits per heavy atom. The lowest BCUT2D eigenvalue weighted by atomic mass is 10.2. The van der Waals surface area contributed by atoms with Gasteiger partial charge in [-0.1, -0.05) is 0 Å². The third kappa shape index (κ3) is 3.90. The molecule has 1 aliphatic heterocycles. The molecular formula is C18H27N5O5. The molecule has 1 saturated heterocycles. The van der Waals surface area contributed by atoms with Crippen molar-refractivity contribution in [1.29, 1.82) is 0 Å². The molecule has 0 spiro atoms. The van der Waals surface area contributed by atoms with Crippen molar-refractivity contribution in [3.05, 3.63) is 6.33 Å². The van der Waals surface area contributed by atoms with Crippen LogP contribution in [0.25, 0.3) is 11.2 Å². The summed E-state index contributed by atoms with van der Waals surface area (Å²) in [7, 11) is 0. The predicted octanol–water partition coefficient (Wildman–Crippen LogP) is 1.12. The van der Waals surface area contributed by atoms with Crippen LogP contribution in [0, 0.1) is 0 Å². The largest absolute Gasteiger partial charge is 0.460 e. The number of nitrogens with two attached hydrogens (primary N) is 1. The average molecular weight is 393 g/mol. The molecule has 2 aliphatic rings. The molecule has 2 aromatic rings. The van der Waals surface area contributed by atoms with Crippen molar-refractivity contribution >= 4 is 17.0 Å². The van der Waals surface area contributed by atoms with Gasteiger partial charge in [0.15, 0.2) is 29.0 Å². The average Bonchev–Trinajstić information content (AvgIpc) is 3.33. The Morgan fingerprint density at radius 2 is 2.07 bits per heavy atom. The Bertz CT molecular complexity index is 830. The zero-order valence-electron chi connectivity index (χ0n) is 16.1. The van der Waals surface area contributed by atoms with E-state index in [1.807, 2.05) is 0 Å². The lowest BCUT2D eigenvalue weighted by Crippen LogP contribution is -2.33. The highest BCUT2D eigenvalue weighted by Gasteiger charge is 2.40. The van der Waals surface area contributed by atoms with Crippen LogP contribution in [0.5, 0.6) is 6.01 Å². The van der Waals surface area contributed by atoms with Gasteiger partial charge in [0.25, 0.3) is 0 Å². The van der Waals surface area contributed by atoms with E-state index in [-0.39, 0.29) is 24.5 Å². The summed E-state index contributed by atoms with van der Waals surface area (Å²) >= 11 is 0. The summed E-state index contributed by atoms with van der Waals surface area (Å²) in [5, 5.41) is 19.6. The second kappa shape index (κ2) is 7.43. The molecule has 28 heavy (non-hydrogen) atoms. The van der Waals surface area contributed by atoms with Crippen molar-refractivity contribution in [3.8, 4) is 6.01 Å². The highest BCUT2D eigenvalue weighted by molar-refractivity contribution is 5.82. The molecular weight excluding hydrogens is 366 g/mol. The molecule has 10 heteroatoms. The molecule has 0 unspecified atom stereocenters. The Morgan fingerprint density at radius 3 is 2.75 bits per heavy atom. The first-order valence-electron chi connectivity index (χ1n) is 9.67. The van der Waals surface area contributed by atoms with Crippen LogP contribution in [0.2, 0.25) is 0 Å². The zero-order chi connectivity index (χ0) is 19.9. The number of hydrogen-bond donors (Lipinski definition) is 3. The van der Waals surface area contributed by atoms with Gasteiger partial charge in [0.1, 0.15) is 12.2 Å². The number of fused-ring (bicyclic) bond motifs is 1. The number of hydrogen-bond acceptors (Lipinski definition) is 9. The number of aliphatic hydroxyl groups excluding tert-OH is 1. The van der Waals surface area contributed by atoms with Crippen LogP contribution in [-0.2, 0) is 9.47 Å². The van der Waals surface area contributed by atoms with Crippen molar-refractivity contribution in [2.45, 2.75) is 76.3 Å². The van der Waals surface area contributed by atoms with E-state index in [9.17, 15) is 10.2 Å². The van der Waals surface area contributed by atoms with Crippen molar-refractivity contribution < 1.29 is 24.4 Å². The lowest BCUT2D eigenvalue weighted by molar-refractivity contribution is -0.222. The van der Waals surface area contributed by atoms with Crippen LogP contribution >= 0.6 is 0 Å². The van der Waals surface area contributed by atoms with Crippen LogP contribution < -0.4 is 10.5 Å². The first-order valence-corrected chi connectivity index (χ1v) is 9.67. The minimum absolute atomic E-state index is 0.0981. The van der Waals surface area contributed by atoms with Crippen LogP contribution in [0.4, 0.5) is 5.82 Å². The topological polar surface area (TPSA) is 138 Å². The number of rotatable bonds is 6. The summed E-state index contributed by atoms with van der Waals surface area (Å²) in [6.07, 6.45) is 4.77. The summed E-state index contributed by atoms with van der Waals surface area (Å²) < 4.78 is 19.3. The molecule has 3 heterocycles. The molecule has 1 saturated carbocycles. The van der Waals surface area contributed by atoms with Crippen LogP contribution in [-0.4, -0.2) is 60.4 Å². The summed E-state index contributed by atoms with van der Waals surface area (Å²) in [5.41, 5.74) is 6.98. The minimum atomic E-state index is -1.35. The van der Waals surface area contributed by atoms with Gasteiger partial charge < -0.3 is 30.2 Å². The van der Waals surface area contributed by atoms with E-state index in [4.69, 9.17) is 19.9 Å². The maximum absolute atomic E-state index is 10.1. The van der Waals surface area contributed by atoms with Crippen LogP contribution in [0.15, 0.2) is 6.33 Å². The van der Waals surface area contributed by atoms with E-state index in [1.54, 1.807) is 24.7 Å². The summed E-state index contributed by atoms with van der Waals surface area (Å²) in [5.74, 6) is -1.12. The van der Waals surface area contributed by atoms with Gasteiger partial charge in [0, 0.05) is 6.42 Å². The number of anilines is 1. The molecule has 0 radical (unpaired) electrons. The molecule has 2 fully saturated rings. The first-order chi connectivity index (χ1) is 13.3. The fourth-order valence-corrected chi connectivity index (χ4v) is 3.87. The van der Waals surface area contributed by atoms with Crippen LogP contribution in [0.3, 0.4) is 0 Å². The molecule has 154 valence electrons. The molecule has 4 rings (SSSR count). The van der Waals surface area contributed by atoms with Gasteiger partial charge in [-0.25, -0.2) is 4.98 Å². The molecule has 3 atom stereocenters. The highest BCUT2D eigenvalue weighted by atomic mass is 16.7. The maximum atomic E-state index is 10.1. The second-order valence-corrected chi connectivity index (χ2v) is 7.91. The van der Waals surface area contributed by atoms with Gasteiger partial charge in [-0.2, -0.15) is 9.97 Å². The normalized spacial score (nSPS) is 26.4. The molecule has 4 N–H and O–H groups in total. The van der Waals surface area contributed by atoms with Crippen molar-refractivity contribution in [2.24, 2.45) is 0 Å². The quantitative estimate of drug-likeness (QED) is 0.616. The van der Waals surface area contributed by atoms with Gasteiger partial charge in [0.05, 0.1) is 19.0 Å². The fraction of sp³-hybridized carbons (Fsp3) is 0.722. The Balaban J connectivity index is 1.67. The highest BCUT2D eigenvalue weighted by Crippen LogP contribution is 2.36. The lowest BCUT2D eigenvalue weighted by Gasteiger charge is -2.27. The smallest absolute Gasteiger partial charge is 0.320 e. The molecule has 10 nitrogen and oxygen atoms in total. The molecule has 2 aromatic heterocycles. The minimum Gasteiger partial charge on any atom is -0.460 e. The van der Waals surface area contributed by atoms with E-state index in [2.05, 4.69) is 15.0 Å². The van der Waals surface area contributed by atoms with E-state index in [0.717, 1.165) is 25.7 Å². The molecule has 0 aromatic carbocycles. The second-order valence-electron chi connectivity index (χ2n) is 7.91. The predicted molar refractivity (Wildman–Crippen MR) is 99.4 cm³/mol. The summed E-state index contributed by atoms with van der Waals surface area (Å²) in [6.45, 7) is 2.95. The standard InChI is InChI=1S/C18H27N5O5/c1-18(2,25)28-12-7-11(8-24)26-16(12)23-9-20-13-14(19)21-17(22-15(13)23)27-10-5-3-4-6-10/h9-12,16,24-25H,3-8H2,1-2H3,(H2,19,21,22)/t11-,12+,16+/m0/s1. The third-order valence-corrected chi connectivity index (χ3v) is 5.06. The Labute approximate surface area is 162 Å². The summed E-state index contributed by atoms with van der Waals surface area (Å²) in [6, 6.07) is 0.218. The van der Waals surface area contributed by atoms with Gasteiger partial charge in [-0.3, -0.25) is 4.57 Å². The van der Waals surface area contributed by atoms with E-state index in [1.165, 1.54) is 0 Å². The Hall–Kier alpha value is -2.01. The molecule has 0 bridgehead atoms. The van der Waals surface area contributed by atoms with E-state index in [0.29, 0.717) is 17.6 Å². The number of nitrogen functional groups attached to an aromatic ring is 1. The van der Waals surface area contributed by atoms with E-state index < -0.39 is 24.2 Å². The Kier molecular flexibility index (Phi) is 5.13. The van der Waals surface area contributed by atoms with Gasteiger partial charge in [-0.05, 0) is 39.5 Å². The number of nitrogens with zero attached hydrogens (tertiary/aromatic N) is 4.